The smallest absolute Gasteiger partial charge is 0.273 e. The van der Waals surface area contributed by atoms with Gasteiger partial charge in [-0.15, -0.1) is 5.10 Å². The standard InChI is InChI=1S/C30H36N8O2/c1-7-27(39)36(6)24-9-8-12-37(18-24)26-17-32-15-23(14-31)28(26)21-10-11-22(20(2)13-21)16-33-29(40)25-19-38(35-34-25)30(3,4)5/h7,10-11,13,15,17,19,24H,1,8-9,12,16,18H2,2-6H3,(H,33,40). The molecule has 1 aromatic carbocycles. The number of aryl methyl sites for hydroxylation is 1. The van der Waals surface area contributed by atoms with E-state index in [1.165, 1.54) is 6.08 Å². The lowest BCUT2D eigenvalue weighted by atomic mass is 9.94. The summed E-state index contributed by atoms with van der Waals surface area (Å²) in [6.45, 7) is 13.4. The molecule has 3 aromatic rings. The number of carbonyl (C=O) groups is 2. The number of amides is 2. The van der Waals surface area contributed by atoms with E-state index >= 15 is 0 Å². The molecule has 0 bridgehead atoms. The molecule has 1 aliphatic heterocycles. The fourth-order valence-electron chi connectivity index (χ4n) is 4.90. The second kappa shape index (κ2) is 11.7. The molecule has 10 nitrogen and oxygen atoms in total. The van der Waals surface area contributed by atoms with Crippen molar-refractivity contribution in [2.75, 3.05) is 25.0 Å². The normalized spacial score (nSPS) is 15.3. The van der Waals surface area contributed by atoms with Crippen molar-refractivity contribution in [3.05, 3.63) is 71.8 Å². The van der Waals surface area contributed by atoms with Crippen LogP contribution in [0.25, 0.3) is 11.1 Å². The first-order valence-electron chi connectivity index (χ1n) is 13.4. The van der Waals surface area contributed by atoms with Gasteiger partial charge in [-0.2, -0.15) is 5.26 Å². The SMILES string of the molecule is C=CC(=O)N(C)C1CCCN(c2cncc(C#N)c2-c2ccc(CNC(=O)c3cn(C(C)(C)C)nn3)c(C)c2)C1. The summed E-state index contributed by atoms with van der Waals surface area (Å²) in [5, 5.41) is 20.9. The van der Waals surface area contributed by atoms with E-state index in [-0.39, 0.29) is 29.1 Å². The Morgan fingerprint density at radius 1 is 1.30 bits per heavy atom. The summed E-state index contributed by atoms with van der Waals surface area (Å²) in [6, 6.07) is 8.31. The molecule has 1 N–H and O–H groups in total. The number of hydrogen-bond acceptors (Lipinski definition) is 7. The molecule has 1 aliphatic rings. The molecule has 208 valence electrons. The van der Waals surface area contributed by atoms with Gasteiger partial charge < -0.3 is 15.1 Å². The number of pyridine rings is 1. The molecule has 1 atom stereocenters. The van der Waals surface area contributed by atoms with Gasteiger partial charge in [0.1, 0.15) is 6.07 Å². The summed E-state index contributed by atoms with van der Waals surface area (Å²) in [6.07, 6.45) is 8.18. The van der Waals surface area contributed by atoms with Crippen LogP contribution in [0.5, 0.6) is 0 Å². The van der Waals surface area contributed by atoms with Crippen molar-refractivity contribution >= 4 is 17.5 Å². The Kier molecular flexibility index (Phi) is 8.33. The first-order chi connectivity index (χ1) is 19.0. The van der Waals surface area contributed by atoms with Crippen LogP contribution in [-0.2, 0) is 16.9 Å². The zero-order valence-corrected chi connectivity index (χ0v) is 23.8. The minimum Gasteiger partial charge on any atom is -0.368 e. The highest BCUT2D eigenvalue weighted by Crippen LogP contribution is 2.36. The average molecular weight is 541 g/mol. The van der Waals surface area contributed by atoms with E-state index in [2.05, 4.69) is 38.2 Å². The molecule has 2 aromatic heterocycles. The van der Waals surface area contributed by atoms with E-state index < -0.39 is 0 Å². The fourth-order valence-corrected chi connectivity index (χ4v) is 4.90. The lowest BCUT2D eigenvalue weighted by molar-refractivity contribution is -0.126. The number of aromatic nitrogens is 4. The Labute approximate surface area is 235 Å². The minimum atomic E-state index is -0.290. The molecule has 40 heavy (non-hydrogen) atoms. The van der Waals surface area contributed by atoms with Crippen molar-refractivity contribution in [3.8, 4) is 17.2 Å². The van der Waals surface area contributed by atoms with Gasteiger partial charge in [0.05, 0.1) is 29.2 Å². The molecule has 2 amide bonds. The number of nitrogens with one attached hydrogen (secondary N) is 1. The minimum absolute atomic E-state index is 0.0376. The van der Waals surface area contributed by atoms with E-state index in [4.69, 9.17) is 0 Å². The first kappa shape index (κ1) is 28.5. The summed E-state index contributed by atoms with van der Waals surface area (Å²) >= 11 is 0. The number of rotatable bonds is 7. The Hall–Kier alpha value is -4.52. The van der Waals surface area contributed by atoms with Crippen LogP contribution >= 0.6 is 0 Å². The predicted octanol–water partition coefficient (Wildman–Crippen LogP) is 3.82. The van der Waals surface area contributed by atoms with Gasteiger partial charge in [0.2, 0.25) is 5.91 Å². The van der Waals surface area contributed by atoms with Gasteiger partial charge in [-0.1, -0.05) is 30.0 Å². The van der Waals surface area contributed by atoms with Crippen molar-refractivity contribution in [2.24, 2.45) is 0 Å². The van der Waals surface area contributed by atoms with Crippen LogP contribution in [0.15, 0.2) is 49.4 Å². The quantitative estimate of drug-likeness (QED) is 0.453. The number of piperidine rings is 1. The van der Waals surface area contributed by atoms with Gasteiger partial charge in [-0.3, -0.25) is 14.6 Å². The zero-order valence-electron chi connectivity index (χ0n) is 23.8. The summed E-state index contributed by atoms with van der Waals surface area (Å²) < 4.78 is 1.67. The lowest BCUT2D eigenvalue weighted by Crippen LogP contribution is -2.48. The molecule has 4 rings (SSSR count). The number of nitriles is 1. The van der Waals surface area contributed by atoms with Crippen LogP contribution in [0.3, 0.4) is 0 Å². The third-order valence-corrected chi connectivity index (χ3v) is 7.34. The van der Waals surface area contributed by atoms with E-state index in [1.54, 1.807) is 35.2 Å². The van der Waals surface area contributed by atoms with Gasteiger partial charge in [-0.05, 0) is 63.3 Å². The Bertz CT molecular complexity index is 1460. The summed E-state index contributed by atoms with van der Waals surface area (Å²) in [5.41, 5.74) is 5.00. The molecule has 0 saturated carbocycles. The van der Waals surface area contributed by atoms with Crippen LogP contribution < -0.4 is 10.2 Å². The molecule has 1 fully saturated rings. The summed E-state index contributed by atoms with van der Waals surface area (Å²) in [4.78, 5) is 33.2. The van der Waals surface area contributed by atoms with Crippen molar-refractivity contribution < 1.29 is 9.59 Å². The Balaban J connectivity index is 1.56. The zero-order chi connectivity index (χ0) is 29.0. The monoisotopic (exact) mass is 540 g/mol. The van der Waals surface area contributed by atoms with E-state index in [0.29, 0.717) is 18.7 Å². The highest BCUT2D eigenvalue weighted by Gasteiger charge is 2.28. The molecular formula is C30H36N8O2. The number of nitrogens with zero attached hydrogens (tertiary/aromatic N) is 7. The van der Waals surface area contributed by atoms with Gasteiger partial charge in [0.25, 0.3) is 5.91 Å². The molecule has 1 unspecified atom stereocenters. The van der Waals surface area contributed by atoms with Gasteiger partial charge >= 0.3 is 0 Å². The number of benzene rings is 1. The number of carbonyl (C=O) groups excluding carboxylic acids is 2. The first-order valence-corrected chi connectivity index (χ1v) is 13.4. The van der Waals surface area contributed by atoms with Crippen molar-refractivity contribution in [1.29, 1.82) is 5.26 Å². The molecule has 10 heteroatoms. The van der Waals surface area contributed by atoms with Gasteiger partial charge in [-0.25, -0.2) is 4.68 Å². The number of hydrogen-bond donors (Lipinski definition) is 1. The van der Waals surface area contributed by atoms with E-state index in [1.807, 2.05) is 45.9 Å². The number of likely N-dealkylation sites (N-methyl/N-ethyl adjacent to an activating group) is 1. The molecule has 0 spiro atoms. The highest BCUT2D eigenvalue weighted by molar-refractivity contribution is 5.92. The molecule has 0 aliphatic carbocycles. The van der Waals surface area contributed by atoms with Crippen molar-refractivity contribution in [1.82, 2.24) is 30.2 Å². The summed E-state index contributed by atoms with van der Waals surface area (Å²) in [7, 11) is 1.80. The second-order valence-corrected chi connectivity index (χ2v) is 11.1. The molecule has 1 saturated heterocycles. The van der Waals surface area contributed by atoms with Gasteiger partial charge in [0, 0.05) is 44.5 Å². The van der Waals surface area contributed by atoms with Crippen molar-refractivity contribution in [3.63, 3.8) is 0 Å². The van der Waals surface area contributed by atoms with Gasteiger partial charge in [0.15, 0.2) is 5.69 Å². The predicted molar refractivity (Wildman–Crippen MR) is 154 cm³/mol. The van der Waals surface area contributed by atoms with Crippen LogP contribution in [0.1, 0.15) is 60.8 Å². The maximum atomic E-state index is 12.7. The second-order valence-electron chi connectivity index (χ2n) is 11.1. The highest BCUT2D eigenvalue weighted by atomic mass is 16.2. The molecule has 3 heterocycles. The third-order valence-electron chi connectivity index (χ3n) is 7.34. The molecular weight excluding hydrogens is 504 g/mol. The van der Waals surface area contributed by atoms with Crippen LogP contribution in [0, 0.1) is 18.3 Å². The summed E-state index contributed by atoms with van der Waals surface area (Å²) in [5.74, 6) is -0.394. The third kappa shape index (κ3) is 6.04. The maximum Gasteiger partial charge on any atom is 0.273 e. The Morgan fingerprint density at radius 2 is 2.08 bits per heavy atom. The van der Waals surface area contributed by atoms with E-state index in [9.17, 15) is 14.9 Å². The Morgan fingerprint density at radius 3 is 2.73 bits per heavy atom. The fraction of sp³-hybridized carbons (Fsp3) is 0.400. The van der Waals surface area contributed by atoms with Crippen molar-refractivity contribution in [2.45, 2.75) is 58.7 Å². The topological polar surface area (TPSA) is 120 Å². The van der Waals surface area contributed by atoms with E-state index in [0.717, 1.165) is 47.3 Å². The number of anilines is 1. The van der Waals surface area contributed by atoms with Crippen LogP contribution in [0.2, 0.25) is 0 Å². The lowest BCUT2D eigenvalue weighted by Gasteiger charge is -2.39. The van der Waals surface area contributed by atoms with Crippen LogP contribution in [0.4, 0.5) is 5.69 Å². The van der Waals surface area contributed by atoms with Crippen LogP contribution in [-0.4, -0.2) is 62.9 Å². The largest absolute Gasteiger partial charge is 0.368 e. The average Bonchev–Trinajstić information content (AvgIpc) is 3.47. The maximum absolute atomic E-state index is 12.7. The molecule has 0 radical (unpaired) electrons.